The average molecular weight is 697 g/mol. The highest BCUT2D eigenvalue weighted by atomic mass is 31.2. The Labute approximate surface area is 308 Å². The molecule has 9 aromatic rings. The zero-order valence-corrected chi connectivity index (χ0v) is 29.7. The van der Waals surface area contributed by atoms with E-state index >= 15 is 4.57 Å². The van der Waals surface area contributed by atoms with Crippen LogP contribution in [0.1, 0.15) is 22.3 Å². The molecule has 0 fully saturated rings. The summed E-state index contributed by atoms with van der Waals surface area (Å²) in [6.45, 7) is 0. The lowest BCUT2D eigenvalue weighted by atomic mass is 9.62. The van der Waals surface area contributed by atoms with Crippen molar-refractivity contribution in [2.75, 3.05) is 4.90 Å². The Morgan fingerprint density at radius 2 is 1.00 bits per heavy atom. The fourth-order valence-corrected chi connectivity index (χ4v) is 12.6. The smallest absolute Gasteiger partial charge is 0.171 e. The Morgan fingerprint density at radius 1 is 0.434 bits per heavy atom. The van der Waals surface area contributed by atoms with Gasteiger partial charge in [0.05, 0.1) is 22.1 Å². The third kappa shape index (κ3) is 3.98. The molecule has 2 atom stereocenters. The number of anilines is 3. The van der Waals surface area contributed by atoms with Crippen LogP contribution in [0.15, 0.2) is 200 Å². The molecule has 2 aliphatic heterocycles. The van der Waals surface area contributed by atoms with Crippen molar-refractivity contribution in [3.05, 3.63) is 222 Å². The average Bonchev–Trinajstić information content (AvgIpc) is 3.57. The van der Waals surface area contributed by atoms with Gasteiger partial charge >= 0.3 is 0 Å². The standard InChI is InChI=1S/C49H33N2OP/c52-53(37-21-8-3-9-22-37)46-30-15-12-26-41(46)49(42-32-31-36(33-47(42)53)50(34-17-4-1-5-18-34)35-19-6-2-7-20-35)40-25-11-14-29-45(40)51-44-28-13-10-23-38(44)39-24-16-27-43(49)48(39)51/h1-33H. The third-order valence-corrected chi connectivity index (χ3v) is 14.6. The molecule has 8 aromatic carbocycles. The van der Waals surface area contributed by atoms with Gasteiger partial charge < -0.3 is 14.0 Å². The van der Waals surface area contributed by atoms with Crippen LogP contribution >= 0.6 is 7.14 Å². The Kier molecular flexibility index (Phi) is 6.44. The van der Waals surface area contributed by atoms with Gasteiger partial charge in [0.25, 0.3) is 0 Å². The first-order valence-corrected chi connectivity index (χ1v) is 19.8. The van der Waals surface area contributed by atoms with Crippen LogP contribution in [0.3, 0.4) is 0 Å². The Morgan fingerprint density at radius 3 is 1.75 bits per heavy atom. The van der Waals surface area contributed by atoms with Crippen molar-refractivity contribution in [3.8, 4) is 5.69 Å². The zero-order chi connectivity index (χ0) is 35.1. The van der Waals surface area contributed by atoms with Gasteiger partial charge in [-0.3, -0.25) is 0 Å². The molecule has 0 radical (unpaired) electrons. The second-order valence-electron chi connectivity index (χ2n) is 14.0. The highest BCUT2D eigenvalue weighted by Gasteiger charge is 2.54. The van der Waals surface area contributed by atoms with Crippen molar-refractivity contribution in [3.63, 3.8) is 0 Å². The Bertz CT molecular complexity index is 2890. The van der Waals surface area contributed by atoms with E-state index in [1.54, 1.807) is 0 Å². The number of fused-ring (bicyclic) bond motifs is 11. The molecule has 4 heteroatoms. The van der Waals surface area contributed by atoms with Crippen LogP contribution in [0, 0.1) is 0 Å². The maximum Gasteiger partial charge on any atom is 0.171 e. The number of para-hydroxylation sites is 5. The van der Waals surface area contributed by atoms with Crippen molar-refractivity contribution in [1.82, 2.24) is 4.57 Å². The van der Waals surface area contributed by atoms with Crippen LogP contribution in [0.5, 0.6) is 0 Å². The van der Waals surface area contributed by atoms with E-state index in [0.29, 0.717) is 0 Å². The predicted octanol–water partition coefficient (Wildman–Crippen LogP) is 10.9. The van der Waals surface area contributed by atoms with Gasteiger partial charge in [-0.15, -0.1) is 0 Å². The minimum absolute atomic E-state index is 0.738. The summed E-state index contributed by atoms with van der Waals surface area (Å²) < 4.78 is 19.1. The number of nitrogens with zero attached hydrogens (tertiary/aromatic N) is 2. The van der Waals surface area contributed by atoms with E-state index in [9.17, 15) is 0 Å². The van der Waals surface area contributed by atoms with Gasteiger partial charge in [-0.1, -0.05) is 152 Å². The molecule has 0 saturated carbocycles. The molecule has 1 spiro atoms. The number of hydrogen-bond donors (Lipinski definition) is 0. The van der Waals surface area contributed by atoms with E-state index in [0.717, 1.165) is 49.8 Å². The van der Waals surface area contributed by atoms with Gasteiger partial charge in [-0.05, 0) is 70.8 Å². The molecule has 2 aliphatic rings. The van der Waals surface area contributed by atoms with Crippen LogP contribution in [0.4, 0.5) is 17.1 Å². The SMILES string of the molecule is O=P1(c2ccccc2)c2ccccc2C2(c3ccccc3-n3c4ccccc4c4cccc2c43)c2ccc(N(c3ccccc3)c3ccccc3)cc21. The normalized spacial score (nSPS) is 18.0. The maximum atomic E-state index is 16.7. The first-order valence-electron chi connectivity index (χ1n) is 18.1. The number of benzene rings is 8. The Balaban J connectivity index is 1.32. The minimum Gasteiger partial charge on any atom is -0.310 e. The first kappa shape index (κ1) is 30.2. The van der Waals surface area contributed by atoms with E-state index in [1.807, 2.05) is 42.5 Å². The van der Waals surface area contributed by atoms with Crippen LogP contribution in [0.2, 0.25) is 0 Å². The van der Waals surface area contributed by atoms with Gasteiger partial charge in [0.2, 0.25) is 0 Å². The van der Waals surface area contributed by atoms with E-state index in [2.05, 4.69) is 167 Å². The summed E-state index contributed by atoms with van der Waals surface area (Å²) in [5, 5.41) is 5.04. The molecule has 0 N–H and O–H groups in total. The zero-order valence-electron chi connectivity index (χ0n) is 28.8. The summed E-state index contributed by atoms with van der Waals surface area (Å²) in [5.41, 5.74) is 10.4. The lowest BCUT2D eigenvalue weighted by Gasteiger charge is -2.47. The molecule has 0 amide bonds. The minimum atomic E-state index is -3.42. The summed E-state index contributed by atoms with van der Waals surface area (Å²) in [4.78, 5) is 2.27. The summed E-state index contributed by atoms with van der Waals surface area (Å²) >= 11 is 0. The lowest BCUT2D eigenvalue weighted by molar-refractivity contribution is 0.590. The van der Waals surface area contributed by atoms with Crippen molar-refractivity contribution in [1.29, 1.82) is 0 Å². The van der Waals surface area contributed by atoms with Crippen LogP contribution in [-0.2, 0) is 9.98 Å². The molecule has 53 heavy (non-hydrogen) atoms. The first-order chi connectivity index (χ1) is 26.2. The molecule has 250 valence electrons. The van der Waals surface area contributed by atoms with Gasteiger partial charge in [-0.25, -0.2) is 0 Å². The van der Waals surface area contributed by atoms with E-state index < -0.39 is 12.6 Å². The predicted molar refractivity (Wildman–Crippen MR) is 220 cm³/mol. The van der Waals surface area contributed by atoms with E-state index in [4.69, 9.17) is 0 Å². The second kappa shape index (κ2) is 11.3. The third-order valence-electron chi connectivity index (χ3n) is 11.4. The largest absolute Gasteiger partial charge is 0.310 e. The topological polar surface area (TPSA) is 25.2 Å². The van der Waals surface area contributed by atoms with Crippen molar-refractivity contribution < 1.29 is 4.57 Å². The van der Waals surface area contributed by atoms with Crippen molar-refractivity contribution in [2.24, 2.45) is 0 Å². The fraction of sp³-hybridized carbons (Fsp3) is 0.0204. The van der Waals surface area contributed by atoms with E-state index in [1.165, 1.54) is 32.9 Å². The van der Waals surface area contributed by atoms with Crippen LogP contribution < -0.4 is 20.8 Å². The van der Waals surface area contributed by atoms with Gasteiger partial charge in [0.15, 0.2) is 7.14 Å². The number of rotatable bonds is 4. The molecule has 0 aliphatic carbocycles. The second-order valence-corrected chi connectivity index (χ2v) is 16.7. The maximum absolute atomic E-state index is 16.7. The van der Waals surface area contributed by atoms with Crippen LogP contribution in [0.25, 0.3) is 27.5 Å². The molecule has 0 bridgehead atoms. The van der Waals surface area contributed by atoms with Crippen molar-refractivity contribution >= 4 is 61.9 Å². The van der Waals surface area contributed by atoms with Gasteiger partial charge in [0.1, 0.15) is 0 Å². The molecular weight excluding hydrogens is 664 g/mol. The number of hydrogen-bond acceptors (Lipinski definition) is 2. The Hall–Kier alpha value is -6.41. The van der Waals surface area contributed by atoms with Gasteiger partial charge in [0, 0.05) is 43.7 Å². The molecule has 1 aromatic heterocycles. The molecule has 0 saturated heterocycles. The van der Waals surface area contributed by atoms with Gasteiger partial charge in [-0.2, -0.15) is 0 Å². The van der Waals surface area contributed by atoms with Crippen LogP contribution in [-0.4, -0.2) is 4.57 Å². The summed E-state index contributed by atoms with van der Waals surface area (Å²) in [5.74, 6) is 0. The molecule has 3 heterocycles. The van der Waals surface area contributed by atoms with Crippen molar-refractivity contribution in [2.45, 2.75) is 5.41 Å². The monoisotopic (exact) mass is 696 g/mol. The fourth-order valence-electron chi connectivity index (χ4n) is 9.38. The molecule has 3 nitrogen and oxygen atoms in total. The highest BCUT2D eigenvalue weighted by Crippen LogP contribution is 2.61. The lowest BCUT2D eigenvalue weighted by Crippen LogP contribution is -2.48. The highest BCUT2D eigenvalue weighted by molar-refractivity contribution is 7.85. The summed E-state index contributed by atoms with van der Waals surface area (Å²) in [6, 6.07) is 70.7. The quantitative estimate of drug-likeness (QED) is 0.171. The number of aromatic nitrogens is 1. The molecule has 11 rings (SSSR count). The van der Waals surface area contributed by atoms with E-state index in [-0.39, 0.29) is 0 Å². The molecule has 2 unspecified atom stereocenters. The molecular formula is C49H33N2OP. The summed E-state index contributed by atoms with van der Waals surface area (Å²) in [7, 11) is -3.42. The summed E-state index contributed by atoms with van der Waals surface area (Å²) in [6.07, 6.45) is 0.